The van der Waals surface area contributed by atoms with Gasteiger partial charge in [0.2, 0.25) is 0 Å². The summed E-state index contributed by atoms with van der Waals surface area (Å²) in [6.07, 6.45) is 1.18. The standard InChI is InChI=1S/C23H29ClFN3O4/c1-31-22-11-21(26)20(24)10-19(22)23(30)27-12-15-6-8-28(9-7-15)13-17(29)14-32-18-4-2-16(25)3-5-18/h2-5,10-11,15,17,29H,6-9,12-14,26H2,1H3,(H,27,30). The Kier molecular flexibility index (Phi) is 8.55. The van der Waals surface area contributed by atoms with E-state index in [9.17, 15) is 14.3 Å². The number of benzene rings is 2. The number of aliphatic hydroxyl groups excluding tert-OH is 1. The molecule has 0 aliphatic carbocycles. The second-order valence-electron chi connectivity index (χ2n) is 7.95. The van der Waals surface area contributed by atoms with Gasteiger partial charge < -0.3 is 30.5 Å². The van der Waals surface area contributed by atoms with Crippen LogP contribution in [0.25, 0.3) is 0 Å². The Morgan fingerprint density at radius 2 is 2.00 bits per heavy atom. The zero-order chi connectivity index (χ0) is 23.1. The van der Waals surface area contributed by atoms with Crippen LogP contribution in [0, 0.1) is 11.7 Å². The highest BCUT2D eigenvalue weighted by molar-refractivity contribution is 6.33. The fourth-order valence-corrected chi connectivity index (χ4v) is 3.86. The zero-order valence-electron chi connectivity index (χ0n) is 18.0. The van der Waals surface area contributed by atoms with E-state index >= 15 is 0 Å². The minimum absolute atomic E-state index is 0.146. The number of β-amino-alcohol motifs (C(OH)–C–C–N with tert-alkyl or cyclic N) is 1. The number of ether oxygens (including phenoxy) is 2. The van der Waals surface area contributed by atoms with Crippen molar-refractivity contribution < 1.29 is 23.8 Å². The molecule has 1 unspecified atom stereocenters. The quantitative estimate of drug-likeness (QED) is 0.493. The van der Waals surface area contributed by atoms with Crippen LogP contribution in [0.15, 0.2) is 36.4 Å². The van der Waals surface area contributed by atoms with Crippen LogP contribution in [0.2, 0.25) is 5.02 Å². The minimum atomic E-state index is -0.640. The van der Waals surface area contributed by atoms with Crippen molar-refractivity contribution in [2.75, 3.05) is 45.6 Å². The van der Waals surface area contributed by atoms with Crippen molar-refractivity contribution in [3.05, 3.63) is 52.8 Å². The van der Waals surface area contributed by atoms with Gasteiger partial charge in [0, 0.05) is 19.2 Å². The molecule has 9 heteroatoms. The number of rotatable bonds is 9. The molecule has 0 aromatic heterocycles. The SMILES string of the molecule is COc1cc(N)c(Cl)cc1C(=O)NCC1CCN(CC(O)COc2ccc(F)cc2)CC1. The highest BCUT2D eigenvalue weighted by Crippen LogP contribution is 2.29. The zero-order valence-corrected chi connectivity index (χ0v) is 18.8. The molecule has 3 rings (SSSR count). The van der Waals surface area contributed by atoms with Crippen LogP contribution in [0.3, 0.4) is 0 Å². The number of carbonyl (C=O) groups excluding carboxylic acids is 1. The van der Waals surface area contributed by atoms with Gasteiger partial charge in [0.05, 0.1) is 23.4 Å². The summed E-state index contributed by atoms with van der Waals surface area (Å²) < 4.78 is 23.7. The highest BCUT2D eigenvalue weighted by Gasteiger charge is 2.23. The predicted octanol–water partition coefficient (Wildman–Crippen LogP) is 2.95. The van der Waals surface area contributed by atoms with Crippen molar-refractivity contribution >= 4 is 23.2 Å². The second kappa shape index (κ2) is 11.4. The summed E-state index contributed by atoms with van der Waals surface area (Å²) in [7, 11) is 1.48. The van der Waals surface area contributed by atoms with Crippen molar-refractivity contribution in [1.82, 2.24) is 10.2 Å². The van der Waals surface area contributed by atoms with Crippen LogP contribution < -0.4 is 20.5 Å². The van der Waals surface area contributed by atoms with Gasteiger partial charge in [0.1, 0.15) is 30.0 Å². The molecule has 1 heterocycles. The van der Waals surface area contributed by atoms with Gasteiger partial charge in [-0.25, -0.2) is 4.39 Å². The van der Waals surface area contributed by atoms with Crippen LogP contribution in [-0.4, -0.2) is 61.9 Å². The molecule has 0 saturated carbocycles. The lowest BCUT2D eigenvalue weighted by Crippen LogP contribution is -2.42. The van der Waals surface area contributed by atoms with Gasteiger partial charge in [-0.2, -0.15) is 0 Å². The third-order valence-electron chi connectivity index (χ3n) is 5.55. The lowest BCUT2D eigenvalue weighted by molar-refractivity contribution is 0.0548. The number of likely N-dealkylation sites (tertiary alicyclic amines) is 1. The fraction of sp³-hybridized carbons (Fsp3) is 0.435. The smallest absolute Gasteiger partial charge is 0.255 e. The Morgan fingerprint density at radius 3 is 2.66 bits per heavy atom. The molecule has 1 amide bonds. The summed E-state index contributed by atoms with van der Waals surface area (Å²) in [5.74, 6) is 0.681. The summed E-state index contributed by atoms with van der Waals surface area (Å²) in [4.78, 5) is 14.8. The number of nitrogens with two attached hydrogens (primary N) is 1. The lowest BCUT2D eigenvalue weighted by Gasteiger charge is -2.33. The molecule has 1 atom stereocenters. The second-order valence-corrected chi connectivity index (χ2v) is 8.35. The predicted molar refractivity (Wildman–Crippen MR) is 122 cm³/mol. The maximum atomic E-state index is 12.9. The topological polar surface area (TPSA) is 97.0 Å². The van der Waals surface area contributed by atoms with E-state index in [0.29, 0.717) is 46.8 Å². The van der Waals surface area contributed by atoms with E-state index in [1.54, 1.807) is 6.07 Å². The summed E-state index contributed by atoms with van der Waals surface area (Å²) >= 11 is 6.05. The van der Waals surface area contributed by atoms with Crippen molar-refractivity contribution in [2.24, 2.45) is 5.92 Å². The number of nitrogens with one attached hydrogen (secondary N) is 1. The van der Waals surface area contributed by atoms with Crippen LogP contribution in [0.5, 0.6) is 11.5 Å². The molecule has 7 nitrogen and oxygen atoms in total. The lowest BCUT2D eigenvalue weighted by atomic mass is 9.96. The number of anilines is 1. The Balaban J connectivity index is 1.39. The molecule has 2 aromatic rings. The van der Waals surface area contributed by atoms with Crippen LogP contribution >= 0.6 is 11.6 Å². The number of hydrogen-bond donors (Lipinski definition) is 3. The number of methoxy groups -OCH3 is 1. The summed E-state index contributed by atoms with van der Waals surface area (Å²) in [5, 5.41) is 13.5. The molecule has 1 aliphatic heterocycles. The largest absolute Gasteiger partial charge is 0.496 e. The Hall–Kier alpha value is -2.55. The van der Waals surface area contributed by atoms with E-state index in [1.165, 1.54) is 37.4 Å². The molecular formula is C23H29ClFN3O4. The molecule has 0 radical (unpaired) electrons. The molecule has 1 aliphatic rings. The van der Waals surface area contributed by atoms with E-state index in [1.807, 2.05) is 0 Å². The number of carbonyl (C=O) groups is 1. The summed E-state index contributed by atoms with van der Waals surface area (Å²) in [6, 6.07) is 8.78. The monoisotopic (exact) mass is 465 g/mol. The van der Waals surface area contributed by atoms with Crippen molar-refractivity contribution in [1.29, 1.82) is 0 Å². The number of halogens is 2. The number of aliphatic hydroxyl groups is 1. The van der Waals surface area contributed by atoms with E-state index in [4.69, 9.17) is 26.8 Å². The van der Waals surface area contributed by atoms with Crippen LogP contribution in [0.1, 0.15) is 23.2 Å². The van der Waals surface area contributed by atoms with Crippen molar-refractivity contribution in [2.45, 2.75) is 18.9 Å². The minimum Gasteiger partial charge on any atom is -0.496 e. The number of nitrogens with zero attached hydrogens (tertiary/aromatic N) is 1. The Labute approximate surface area is 192 Å². The molecule has 0 bridgehead atoms. The Bertz CT molecular complexity index is 905. The van der Waals surface area contributed by atoms with E-state index in [-0.39, 0.29) is 18.3 Å². The first-order valence-electron chi connectivity index (χ1n) is 10.6. The number of hydrogen-bond acceptors (Lipinski definition) is 6. The number of nitrogen functional groups attached to an aromatic ring is 1. The average Bonchev–Trinajstić information content (AvgIpc) is 2.79. The van der Waals surface area contributed by atoms with Crippen molar-refractivity contribution in [3.8, 4) is 11.5 Å². The third-order valence-corrected chi connectivity index (χ3v) is 5.87. The van der Waals surface area contributed by atoms with Gasteiger partial charge >= 0.3 is 0 Å². The van der Waals surface area contributed by atoms with E-state index in [2.05, 4.69) is 10.2 Å². The Morgan fingerprint density at radius 1 is 1.31 bits per heavy atom. The van der Waals surface area contributed by atoms with Crippen LogP contribution in [0.4, 0.5) is 10.1 Å². The highest BCUT2D eigenvalue weighted by atomic mass is 35.5. The molecule has 1 fully saturated rings. The maximum Gasteiger partial charge on any atom is 0.255 e. The molecular weight excluding hydrogens is 437 g/mol. The first kappa shape index (κ1) is 24.1. The van der Waals surface area contributed by atoms with E-state index in [0.717, 1.165) is 25.9 Å². The first-order valence-corrected chi connectivity index (χ1v) is 10.9. The van der Waals surface area contributed by atoms with Gasteiger partial charge in [-0.15, -0.1) is 0 Å². The van der Waals surface area contributed by atoms with Gasteiger partial charge in [-0.3, -0.25) is 4.79 Å². The normalized spacial score (nSPS) is 15.9. The third kappa shape index (κ3) is 6.72. The molecule has 2 aromatic carbocycles. The molecule has 0 spiro atoms. The first-order chi connectivity index (χ1) is 15.4. The molecule has 174 valence electrons. The maximum absolute atomic E-state index is 12.9. The average molecular weight is 466 g/mol. The van der Waals surface area contributed by atoms with Crippen molar-refractivity contribution in [3.63, 3.8) is 0 Å². The van der Waals surface area contributed by atoms with E-state index < -0.39 is 6.10 Å². The molecule has 1 saturated heterocycles. The molecule has 4 N–H and O–H groups in total. The van der Waals surface area contributed by atoms with Crippen LogP contribution in [-0.2, 0) is 0 Å². The van der Waals surface area contributed by atoms with Gasteiger partial charge in [-0.1, -0.05) is 11.6 Å². The number of amides is 1. The van der Waals surface area contributed by atoms with Gasteiger partial charge in [0.15, 0.2) is 0 Å². The van der Waals surface area contributed by atoms with Gasteiger partial charge in [0.25, 0.3) is 5.91 Å². The van der Waals surface area contributed by atoms with Gasteiger partial charge in [-0.05, 0) is 62.2 Å². The fourth-order valence-electron chi connectivity index (χ4n) is 3.69. The summed E-state index contributed by atoms with van der Waals surface area (Å²) in [5.41, 5.74) is 6.48. The molecule has 32 heavy (non-hydrogen) atoms. The summed E-state index contributed by atoms with van der Waals surface area (Å²) in [6.45, 7) is 2.85. The number of piperidine rings is 1.